The normalized spacial score (nSPS) is 20.0. The molecule has 2 aromatic heterocycles. The lowest BCUT2D eigenvalue weighted by molar-refractivity contribution is -0.277. The quantitative estimate of drug-likeness (QED) is 0.403. The smallest absolute Gasteiger partial charge is 0.416 e. The van der Waals surface area contributed by atoms with Crippen LogP contribution < -0.4 is 5.73 Å². The molecule has 0 unspecified atom stereocenters. The van der Waals surface area contributed by atoms with Crippen LogP contribution in [-0.4, -0.2) is 43.8 Å². The minimum Gasteiger partial charge on any atom is -0.416 e. The van der Waals surface area contributed by atoms with Crippen molar-refractivity contribution < 1.29 is 45.1 Å². The molecule has 0 spiro atoms. The van der Waals surface area contributed by atoms with Gasteiger partial charge in [-0.25, -0.2) is 9.37 Å². The molecule has 1 aliphatic rings. The summed E-state index contributed by atoms with van der Waals surface area (Å²) in [5.41, 5.74) is -1.36. The molecule has 4 rings (SSSR count). The molecule has 210 valence electrons. The molecule has 0 saturated heterocycles. The van der Waals surface area contributed by atoms with Crippen molar-refractivity contribution in [3.63, 3.8) is 0 Å². The average molecular weight is 561 g/mol. The van der Waals surface area contributed by atoms with Gasteiger partial charge in [-0.1, -0.05) is 18.6 Å². The average Bonchev–Trinajstić information content (AvgIpc) is 3.34. The van der Waals surface area contributed by atoms with E-state index >= 15 is 0 Å². The van der Waals surface area contributed by atoms with Gasteiger partial charge < -0.3 is 20.2 Å². The maximum absolute atomic E-state index is 14.0. The number of amides is 1. The van der Waals surface area contributed by atoms with Crippen LogP contribution in [0.25, 0.3) is 11.6 Å². The summed E-state index contributed by atoms with van der Waals surface area (Å²) in [6.07, 6.45) is -11.3. The van der Waals surface area contributed by atoms with Gasteiger partial charge in [-0.15, -0.1) is 10.2 Å². The van der Waals surface area contributed by atoms with Gasteiger partial charge in [0.05, 0.1) is 17.3 Å². The van der Waals surface area contributed by atoms with Gasteiger partial charge in [-0.2, -0.15) is 26.3 Å². The Bertz CT molecular complexity index is 1360. The second-order valence-electron chi connectivity index (χ2n) is 9.13. The molecule has 15 heteroatoms. The Labute approximate surface area is 216 Å². The zero-order valence-corrected chi connectivity index (χ0v) is 20.3. The van der Waals surface area contributed by atoms with Gasteiger partial charge >= 0.3 is 12.4 Å². The molecule has 1 aliphatic heterocycles. The van der Waals surface area contributed by atoms with Crippen molar-refractivity contribution in [2.45, 2.75) is 56.6 Å². The van der Waals surface area contributed by atoms with E-state index in [1.807, 2.05) is 0 Å². The highest BCUT2D eigenvalue weighted by molar-refractivity contribution is 5.95. The number of aliphatic hydroxyl groups is 1. The Balaban J connectivity index is 1.90. The van der Waals surface area contributed by atoms with E-state index in [1.165, 1.54) is 19.1 Å². The number of hydrogen-bond acceptors (Lipinski definition) is 7. The number of nitrogens with zero attached hydrogens (tertiary/aromatic N) is 4. The van der Waals surface area contributed by atoms with Crippen molar-refractivity contribution in [3.8, 4) is 11.6 Å². The lowest BCUT2D eigenvalue weighted by Crippen LogP contribution is -2.42. The fraction of sp³-hybridized carbons (Fsp3) is 0.417. The lowest BCUT2D eigenvalue weighted by Gasteiger charge is -2.31. The van der Waals surface area contributed by atoms with E-state index in [0.717, 1.165) is 17.0 Å². The monoisotopic (exact) mass is 561 g/mol. The first-order valence-electron chi connectivity index (χ1n) is 11.7. The zero-order chi connectivity index (χ0) is 28.8. The molecule has 1 aromatic carbocycles. The Morgan fingerprint density at radius 3 is 2.33 bits per heavy atom. The van der Waals surface area contributed by atoms with Crippen molar-refractivity contribution in [2.24, 2.45) is 0 Å². The van der Waals surface area contributed by atoms with E-state index in [-0.39, 0.29) is 25.8 Å². The number of benzene rings is 1. The first-order chi connectivity index (χ1) is 18.1. The van der Waals surface area contributed by atoms with Crippen molar-refractivity contribution >= 4 is 11.6 Å². The van der Waals surface area contributed by atoms with Crippen molar-refractivity contribution in [1.82, 2.24) is 20.1 Å². The summed E-state index contributed by atoms with van der Waals surface area (Å²) in [6.45, 7) is 1.32. The minimum absolute atomic E-state index is 0.0475. The summed E-state index contributed by atoms with van der Waals surface area (Å²) >= 11 is 0. The van der Waals surface area contributed by atoms with Gasteiger partial charge in [0.1, 0.15) is 11.5 Å². The maximum atomic E-state index is 14.0. The number of rotatable bonds is 2. The molecular weight excluding hydrogens is 539 g/mol. The molecule has 1 amide bonds. The number of hydrogen-bond donors (Lipinski definition) is 2. The summed E-state index contributed by atoms with van der Waals surface area (Å²) in [5.74, 6) is -3.77. The standard InChI is InChI=1S/C24H22F7N5O3/c1-12(13-5-7-14(25)8-6-13)36-10-4-2-3-9-22(38,24(29,30)31)21-35-34-19(39-21)18-16(32)11-15(23(26,27)28)17(33-18)20(36)37/h5-8,11-12,38H,2-4,9-10,32H2,1H3/t12-,22+/m0/s1. The second-order valence-corrected chi connectivity index (χ2v) is 9.13. The lowest BCUT2D eigenvalue weighted by atomic mass is 9.95. The molecule has 0 fully saturated rings. The molecule has 8 nitrogen and oxygen atoms in total. The topological polar surface area (TPSA) is 118 Å². The van der Waals surface area contributed by atoms with E-state index < -0.39 is 76.6 Å². The van der Waals surface area contributed by atoms with Crippen molar-refractivity contribution in [2.75, 3.05) is 12.3 Å². The summed E-state index contributed by atoms with van der Waals surface area (Å²) in [7, 11) is 0. The van der Waals surface area contributed by atoms with Crippen LogP contribution in [-0.2, 0) is 11.8 Å². The van der Waals surface area contributed by atoms with Crippen LogP contribution in [0.5, 0.6) is 0 Å². The molecule has 2 atom stereocenters. The fourth-order valence-corrected chi connectivity index (χ4v) is 4.30. The van der Waals surface area contributed by atoms with Crippen LogP contribution in [0.1, 0.15) is 66.2 Å². The molecule has 0 radical (unpaired) electrons. The number of alkyl halides is 6. The Kier molecular flexibility index (Phi) is 7.31. The van der Waals surface area contributed by atoms with Gasteiger partial charge in [-0.05, 0) is 49.9 Å². The largest absolute Gasteiger partial charge is 0.426 e. The number of nitrogens with two attached hydrogens (primary N) is 1. The van der Waals surface area contributed by atoms with E-state index in [4.69, 9.17) is 10.2 Å². The number of pyridine rings is 1. The number of fused-ring (bicyclic) bond motifs is 5. The van der Waals surface area contributed by atoms with Gasteiger partial charge in [-0.3, -0.25) is 4.79 Å². The number of carbonyl (C=O) groups is 1. The number of carbonyl (C=O) groups excluding carboxylic acids is 1. The van der Waals surface area contributed by atoms with Crippen LogP contribution in [0.4, 0.5) is 36.4 Å². The van der Waals surface area contributed by atoms with Crippen LogP contribution in [0.2, 0.25) is 0 Å². The number of nitrogen functional groups attached to an aromatic ring is 1. The van der Waals surface area contributed by atoms with E-state index in [1.54, 1.807) is 0 Å². The van der Waals surface area contributed by atoms with Crippen molar-refractivity contribution in [3.05, 3.63) is 58.9 Å². The minimum atomic E-state index is -5.22. The van der Waals surface area contributed by atoms with E-state index in [0.29, 0.717) is 11.6 Å². The van der Waals surface area contributed by atoms with Gasteiger partial charge in [0.2, 0.25) is 5.60 Å². The predicted molar refractivity (Wildman–Crippen MR) is 121 cm³/mol. The molecule has 3 aromatic rings. The second kappa shape index (κ2) is 10.1. The Morgan fingerprint density at radius 1 is 1.05 bits per heavy atom. The first kappa shape index (κ1) is 28.3. The predicted octanol–water partition coefficient (Wildman–Crippen LogP) is 5.40. The van der Waals surface area contributed by atoms with E-state index in [2.05, 4.69) is 15.2 Å². The highest BCUT2D eigenvalue weighted by Gasteiger charge is 2.58. The molecule has 0 saturated carbocycles. The molecule has 0 aliphatic carbocycles. The third-order valence-corrected chi connectivity index (χ3v) is 6.53. The summed E-state index contributed by atoms with van der Waals surface area (Å²) in [5, 5.41) is 17.2. The molecule has 39 heavy (non-hydrogen) atoms. The van der Waals surface area contributed by atoms with Gasteiger partial charge in [0.15, 0.2) is 5.69 Å². The maximum Gasteiger partial charge on any atom is 0.426 e. The molecule has 3 heterocycles. The SMILES string of the molecule is C[C@@H](c1ccc(F)cc1)N1CCCCC[C@](O)(C(F)(F)F)c2nnc(o2)-c2nc(c(C(F)(F)F)cc2N)C1=O. The third kappa shape index (κ3) is 5.40. The number of aromatic nitrogens is 3. The third-order valence-electron chi connectivity index (χ3n) is 6.53. The fourth-order valence-electron chi connectivity index (χ4n) is 4.30. The van der Waals surface area contributed by atoms with Gasteiger partial charge in [0.25, 0.3) is 17.7 Å². The number of anilines is 1. The molecular formula is C24H22F7N5O3. The van der Waals surface area contributed by atoms with Gasteiger partial charge in [0, 0.05) is 6.54 Å². The van der Waals surface area contributed by atoms with Crippen LogP contribution >= 0.6 is 0 Å². The van der Waals surface area contributed by atoms with Crippen molar-refractivity contribution in [1.29, 1.82) is 0 Å². The van der Waals surface area contributed by atoms with Crippen LogP contribution in [0.3, 0.4) is 0 Å². The number of halogens is 7. The van der Waals surface area contributed by atoms with Crippen LogP contribution in [0.15, 0.2) is 34.7 Å². The summed E-state index contributed by atoms with van der Waals surface area (Å²) < 4.78 is 102. The summed E-state index contributed by atoms with van der Waals surface area (Å²) in [4.78, 5) is 18.4. The first-order valence-corrected chi connectivity index (χ1v) is 11.7. The van der Waals surface area contributed by atoms with Crippen LogP contribution in [0, 0.1) is 5.82 Å². The van der Waals surface area contributed by atoms with E-state index in [9.17, 15) is 40.6 Å². The molecule has 4 bridgehead atoms. The Hall–Kier alpha value is -3.75. The highest BCUT2D eigenvalue weighted by Crippen LogP contribution is 2.44. The Morgan fingerprint density at radius 2 is 1.72 bits per heavy atom. The zero-order valence-electron chi connectivity index (χ0n) is 20.3. The summed E-state index contributed by atoms with van der Waals surface area (Å²) in [6, 6.07) is 4.47. The molecule has 3 N–H and O–H groups in total. The highest BCUT2D eigenvalue weighted by atomic mass is 19.4.